The molecule has 0 bridgehead atoms. The van der Waals surface area contributed by atoms with Gasteiger partial charge in [0, 0.05) is 26.4 Å². The van der Waals surface area contributed by atoms with Crippen molar-refractivity contribution in [2.45, 2.75) is 6.61 Å². The highest BCUT2D eigenvalue weighted by molar-refractivity contribution is 5.44. The van der Waals surface area contributed by atoms with Crippen LogP contribution in [-0.4, -0.2) is 39.8 Å². The van der Waals surface area contributed by atoms with Gasteiger partial charge in [-0.15, -0.1) is 16.2 Å². The van der Waals surface area contributed by atoms with E-state index in [1.54, 1.807) is 7.05 Å². The van der Waals surface area contributed by atoms with E-state index in [1.165, 1.54) is 24.0 Å². The molecule has 22 heavy (non-hydrogen) atoms. The van der Waals surface area contributed by atoms with E-state index in [0.29, 0.717) is 11.3 Å². The Kier molecular flexibility index (Phi) is 2.93. The first-order chi connectivity index (χ1) is 11.0. The van der Waals surface area contributed by atoms with Crippen LogP contribution < -0.4 is 10.4 Å². The molecular formula is C12H12N8O2. The molecule has 1 N–H and O–H groups in total. The summed E-state index contributed by atoms with van der Waals surface area (Å²) < 4.78 is 16.4. The maximum atomic E-state index is 12.0. The van der Waals surface area contributed by atoms with Crippen LogP contribution in [0.15, 0.2) is 17.1 Å². The Hall–Kier alpha value is -3.35. The molecule has 0 aromatic carbocycles. The van der Waals surface area contributed by atoms with Gasteiger partial charge in [0.25, 0.3) is 0 Å². The fourth-order valence-corrected chi connectivity index (χ4v) is 1.93. The number of nitrogens with one attached hydrogen (secondary N) is 1. The first kappa shape index (κ1) is 12.4. The molecule has 3 aromatic heterocycles. The summed E-state index contributed by atoms with van der Waals surface area (Å²) in [5, 5.41) is 16.3. The van der Waals surface area contributed by atoms with Gasteiger partial charge in [0.2, 0.25) is 5.88 Å². The zero-order valence-electron chi connectivity index (χ0n) is 12.8. The van der Waals surface area contributed by atoms with E-state index in [1.807, 2.05) is 0 Å². The van der Waals surface area contributed by atoms with E-state index in [2.05, 4.69) is 26.5 Å². The molecule has 0 aliphatic rings. The highest BCUT2D eigenvalue weighted by Crippen LogP contribution is 2.17. The summed E-state index contributed by atoms with van der Waals surface area (Å²) in [5.74, 6) is 3.00. The minimum atomic E-state index is -0.455. The van der Waals surface area contributed by atoms with Gasteiger partial charge in [-0.2, -0.15) is 9.78 Å². The fraction of sp³-hybridized carbons (Fsp3) is 0.250. The summed E-state index contributed by atoms with van der Waals surface area (Å²) in [6, 6.07) is 1.53. The van der Waals surface area contributed by atoms with Crippen LogP contribution in [0.5, 0.6) is 5.88 Å². The molecule has 3 heterocycles. The summed E-state index contributed by atoms with van der Waals surface area (Å²) in [7, 11) is 3.13. The molecule has 0 fully saturated rings. The average Bonchev–Trinajstić information content (AvgIpc) is 3.17. The highest BCUT2D eigenvalue weighted by Gasteiger charge is 2.20. The zero-order valence-corrected chi connectivity index (χ0v) is 11.8. The molecule has 10 heteroatoms. The monoisotopic (exact) mass is 302 g/mol. The minimum Gasteiger partial charge on any atom is -0.471 e. The number of rotatable bonds is 4. The van der Waals surface area contributed by atoms with Crippen LogP contribution in [0.1, 0.15) is 11.3 Å². The molecule has 0 aliphatic carbocycles. The van der Waals surface area contributed by atoms with Crippen molar-refractivity contribution in [2.75, 3.05) is 0 Å². The van der Waals surface area contributed by atoms with Crippen molar-refractivity contribution in [3.05, 3.63) is 34.0 Å². The van der Waals surface area contributed by atoms with Crippen LogP contribution in [0.25, 0.3) is 5.82 Å². The first-order valence-corrected chi connectivity index (χ1v) is 6.21. The number of terminal acetylenes is 1. The second-order valence-corrected chi connectivity index (χ2v) is 4.37. The Morgan fingerprint density at radius 3 is 2.86 bits per heavy atom. The van der Waals surface area contributed by atoms with Crippen molar-refractivity contribution in [1.82, 2.24) is 39.8 Å². The van der Waals surface area contributed by atoms with Crippen LogP contribution in [0.4, 0.5) is 0 Å². The topological polar surface area (TPSA) is 108 Å². The van der Waals surface area contributed by atoms with Crippen LogP contribution in [-0.2, 0) is 20.7 Å². The van der Waals surface area contributed by atoms with Crippen LogP contribution in [0.3, 0.4) is 0 Å². The smallest absolute Gasteiger partial charge is 0.369 e. The number of tetrazole rings is 1. The van der Waals surface area contributed by atoms with Gasteiger partial charge in [-0.1, -0.05) is 5.92 Å². The first-order valence-electron chi connectivity index (χ1n) is 6.65. The summed E-state index contributed by atoms with van der Waals surface area (Å²) in [5.41, 5.74) is 0.489. The quantitative estimate of drug-likeness (QED) is 0.618. The predicted octanol–water partition coefficient (Wildman–Crippen LogP) is -1.02. The van der Waals surface area contributed by atoms with Gasteiger partial charge in [0.15, 0.2) is 7.23 Å². The van der Waals surface area contributed by atoms with E-state index in [4.69, 9.17) is 12.6 Å². The van der Waals surface area contributed by atoms with E-state index < -0.39 is 5.69 Å². The van der Waals surface area contributed by atoms with Gasteiger partial charge in [-0.25, -0.2) is 4.79 Å². The maximum absolute atomic E-state index is 12.0. The fourth-order valence-electron chi connectivity index (χ4n) is 1.93. The third-order valence-corrected chi connectivity index (χ3v) is 2.99. The standard InChI is InChI=1S/C12H12N8O2/c1-4-9-8(7-22-10-5-6-13-14-10)11(15-18(9)2)20-12(21)19(3)16-17-20/h1,5-6H,7H2,2-3H3,(H,13,14)/i/hT. The van der Waals surface area contributed by atoms with Gasteiger partial charge in [-0.05, 0) is 10.4 Å². The Balaban J connectivity index is 2.02. The van der Waals surface area contributed by atoms with Crippen molar-refractivity contribution < 1.29 is 6.15 Å². The number of H-pyrrole nitrogens is 1. The molecule has 112 valence electrons. The van der Waals surface area contributed by atoms with Crippen molar-refractivity contribution in [1.29, 1.82) is 0 Å². The normalized spacial score (nSPS) is 11.2. The zero-order chi connectivity index (χ0) is 16.6. The maximum Gasteiger partial charge on any atom is 0.369 e. The summed E-state index contributed by atoms with van der Waals surface area (Å²) in [6.45, 7) is 0.0166. The van der Waals surface area contributed by atoms with Crippen LogP contribution in [0, 0.1) is 12.3 Å². The molecule has 0 atom stereocenters. The number of hydrogen-bond acceptors (Lipinski definition) is 6. The average molecular weight is 302 g/mol. The number of ether oxygens (including phenoxy) is 1. The Morgan fingerprint density at radius 2 is 2.27 bits per heavy atom. The summed E-state index contributed by atoms with van der Waals surface area (Å²) in [6.07, 6.45) is 6.94. The van der Waals surface area contributed by atoms with Gasteiger partial charge >= 0.3 is 5.69 Å². The molecule has 0 amide bonds. The summed E-state index contributed by atoms with van der Waals surface area (Å²) in [4.78, 5) is 12.0. The lowest BCUT2D eigenvalue weighted by Crippen LogP contribution is -2.23. The van der Waals surface area contributed by atoms with E-state index >= 15 is 0 Å². The molecule has 0 spiro atoms. The third-order valence-electron chi connectivity index (χ3n) is 2.99. The van der Waals surface area contributed by atoms with Crippen molar-refractivity contribution >= 4 is 0 Å². The Labute approximate surface area is 125 Å². The molecule has 3 aromatic rings. The molecule has 0 saturated carbocycles. The molecule has 0 saturated heterocycles. The molecule has 0 aliphatic heterocycles. The lowest BCUT2D eigenvalue weighted by Gasteiger charge is -2.03. The van der Waals surface area contributed by atoms with E-state index in [9.17, 15) is 4.79 Å². The lowest BCUT2D eigenvalue weighted by molar-refractivity contribution is 0.292. The molecule has 10 nitrogen and oxygen atoms in total. The molecule has 3 rings (SSSR count). The Morgan fingerprint density at radius 1 is 1.45 bits per heavy atom. The van der Waals surface area contributed by atoms with E-state index in [-0.39, 0.29) is 18.3 Å². The third kappa shape index (κ3) is 2.14. The van der Waals surface area contributed by atoms with Crippen LogP contribution in [0.2, 0.25) is 1.41 Å². The predicted molar refractivity (Wildman–Crippen MR) is 74.2 cm³/mol. The summed E-state index contributed by atoms with van der Waals surface area (Å²) >= 11 is 0. The number of hydrogen-bond donors (Lipinski definition) is 1. The van der Waals surface area contributed by atoms with E-state index in [0.717, 1.165) is 14.5 Å². The largest absolute Gasteiger partial charge is 0.471 e. The second kappa shape index (κ2) is 5.21. The SMILES string of the molecule is [3H]n1ccc(OCc2c(-n3nnn(C)c3=O)nn(C)c2C#C)n1. The molecule has 0 unspecified atom stereocenters. The van der Waals surface area contributed by atoms with Crippen molar-refractivity contribution in [3.8, 4) is 24.0 Å². The second-order valence-electron chi connectivity index (χ2n) is 4.37. The lowest BCUT2D eigenvalue weighted by atomic mass is 10.2. The molecule has 0 radical (unpaired) electrons. The Bertz CT molecular complexity index is 957. The van der Waals surface area contributed by atoms with Crippen molar-refractivity contribution in [2.24, 2.45) is 14.1 Å². The van der Waals surface area contributed by atoms with Gasteiger partial charge in [-0.3, -0.25) is 9.77 Å². The van der Waals surface area contributed by atoms with Gasteiger partial charge in [0.05, 0.1) is 5.56 Å². The number of aromatic amines is 1. The molecular weight excluding hydrogens is 288 g/mol. The minimum absolute atomic E-state index is 0.0166. The van der Waals surface area contributed by atoms with Gasteiger partial charge < -0.3 is 4.74 Å². The van der Waals surface area contributed by atoms with Crippen LogP contribution >= 0.6 is 0 Å². The van der Waals surface area contributed by atoms with Crippen molar-refractivity contribution in [3.63, 3.8) is 0 Å². The number of aromatic nitrogens is 8. The number of aryl methyl sites for hydroxylation is 2. The van der Waals surface area contributed by atoms with Gasteiger partial charge in [0.1, 0.15) is 12.3 Å². The highest BCUT2D eigenvalue weighted by atomic mass is 16.5. The number of nitrogens with zero attached hydrogens (tertiary/aromatic N) is 7.